The van der Waals surface area contributed by atoms with Crippen LogP contribution in [0, 0.1) is 5.92 Å². The fourth-order valence-corrected chi connectivity index (χ4v) is 3.94. The maximum absolute atomic E-state index is 3.33. The van der Waals surface area contributed by atoms with Gasteiger partial charge >= 0.3 is 0 Å². The number of hydrogen-bond donors (Lipinski definition) is 1. The van der Waals surface area contributed by atoms with E-state index in [0.29, 0.717) is 0 Å². The topological polar surface area (TPSA) is 18.5 Å². The van der Waals surface area contributed by atoms with Gasteiger partial charge in [0.05, 0.1) is 0 Å². The molecule has 2 aliphatic heterocycles. The summed E-state index contributed by atoms with van der Waals surface area (Å²) in [7, 11) is 2.08. The van der Waals surface area contributed by atoms with Gasteiger partial charge in [-0.1, -0.05) is 18.2 Å². The van der Waals surface area contributed by atoms with E-state index in [1.807, 2.05) is 0 Å². The molecule has 3 heteroatoms. The van der Waals surface area contributed by atoms with Gasteiger partial charge in [-0.05, 0) is 70.4 Å². The molecule has 0 atom stereocenters. The van der Waals surface area contributed by atoms with Crippen LogP contribution in [0.15, 0.2) is 30.3 Å². The number of para-hydroxylation sites is 1. The molecule has 0 aliphatic carbocycles. The number of likely N-dealkylation sites (tertiary alicyclic amines) is 1. The summed E-state index contributed by atoms with van der Waals surface area (Å²) in [6, 6.07) is 11.7. The number of nitrogens with zero attached hydrogens (tertiary/aromatic N) is 2. The summed E-state index contributed by atoms with van der Waals surface area (Å²) in [5, 5.41) is 3.33. The first kappa shape index (κ1) is 14.9. The number of hydrogen-bond acceptors (Lipinski definition) is 3. The van der Waals surface area contributed by atoms with Gasteiger partial charge in [0.1, 0.15) is 0 Å². The zero-order valence-electron chi connectivity index (χ0n) is 13.3. The molecule has 116 valence electrons. The smallest absolute Gasteiger partial charge is 0.0366 e. The summed E-state index contributed by atoms with van der Waals surface area (Å²) in [6.45, 7) is 6.24. The highest BCUT2D eigenvalue weighted by Gasteiger charge is 2.27. The highest BCUT2D eigenvalue weighted by Crippen LogP contribution is 2.25. The Morgan fingerprint density at radius 1 is 0.952 bits per heavy atom. The van der Waals surface area contributed by atoms with Crippen LogP contribution in [-0.4, -0.2) is 50.7 Å². The van der Waals surface area contributed by atoms with Crippen molar-refractivity contribution < 1.29 is 0 Å². The second kappa shape index (κ2) is 7.28. The fraction of sp³-hybridized carbons (Fsp3) is 0.667. The first-order valence-electron chi connectivity index (χ1n) is 8.55. The van der Waals surface area contributed by atoms with Crippen molar-refractivity contribution >= 4 is 5.69 Å². The molecule has 3 rings (SSSR count). The Bertz CT molecular complexity index is 404. The second-order valence-corrected chi connectivity index (χ2v) is 6.59. The molecule has 0 radical (unpaired) electrons. The molecular formula is C18H29N3. The highest BCUT2D eigenvalue weighted by molar-refractivity contribution is 5.46. The van der Waals surface area contributed by atoms with Crippen LogP contribution in [-0.2, 0) is 0 Å². The fourth-order valence-electron chi connectivity index (χ4n) is 3.94. The van der Waals surface area contributed by atoms with Crippen molar-refractivity contribution in [1.29, 1.82) is 0 Å². The van der Waals surface area contributed by atoms with Gasteiger partial charge < -0.3 is 15.1 Å². The number of nitrogens with one attached hydrogen (secondary N) is 1. The van der Waals surface area contributed by atoms with E-state index in [9.17, 15) is 0 Å². The van der Waals surface area contributed by atoms with Gasteiger partial charge in [-0.3, -0.25) is 0 Å². The van der Waals surface area contributed by atoms with Crippen molar-refractivity contribution in [3.8, 4) is 0 Å². The second-order valence-electron chi connectivity index (χ2n) is 6.59. The third-order valence-corrected chi connectivity index (χ3v) is 5.24. The van der Waals surface area contributed by atoms with Gasteiger partial charge in [-0.25, -0.2) is 0 Å². The van der Waals surface area contributed by atoms with Gasteiger partial charge in [0.2, 0.25) is 0 Å². The summed E-state index contributed by atoms with van der Waals surface area (Å²) in [4.78, 5) is 5.30. The molecule has 1 aromatic rings. The highest BCUT2D eigenvalue weighted by atomic mass is 15.2. The Balaban J connectivity index is 1.46. The first-order valence-corrected chi connectivity index (χ1v) is 8.55. The van der Waals surface area contributed by atoms with E-state index in [-0.39, 0.29) is 0 Å². The summed E-state index contributed by atoms with van der Waals surface area (Å²) in [6.07, 6.45) is 5.40. The summed E-state index contributed by atoms with van der Waals surface area (Å²) in [5.41, 5.74) is 1.39. The van der Waals surface area contributed by atoms with Gasteiger partial charge in [0.15, 0.2) is 0 Å². The third-order valence-electron chi connectivity index (χ3n) is 5.24. The average Bonchev–Trinajstić information content (AvgIpc) is 2.57. The van der Waals surface area contributed by atoms with E-state index < -0.39 is 0 Å². The number of rotatable bonds is 4. The minimum absolute atomic E-state index is 0.820. The molecule has 0 spiro atoms. The summed E-state index contributed by atoms with van der Waals surface area (Å²) in [5.74, 6) is 0.899. The Kier molecular flexibility index (Phi) is 5.15. The molecule has 0 saturated carbocycles. The minimum atomic E-state index is 0.820. The average molecular weight is 287 g/mol. The Morgan fingerprint density at radius 3 is 2.24 bits per heavy atom. The molecule has 0 amide bonds. The van der Waals surface area contributed by atoms with Gasteiger partial charge in [-0.2, -0.15) is 0 Å². The van der Waals surface area contributed by atoms with E-state index >= 15 is 0 Å². The van der Waals surface area contributed by atoms with Crippen molar-refractivity contribution in [2.24, 2.45) is 5.92 Å². The molecule has 2 fully saturated rings. The minimum Gasteiger partial charge on any atom is -0.371 e. The lowest BCUT2D eigenvalue weighted by atomic mass is 9.93. The van der Waals surface area contributed by atoms with E-state index in [4.69, 9.17) is 0 Å². The lowest BCUT2D eigenvalue weighted by molar-refractivity contribution is 0.115. The van der Waals surface area contributed by atoms with Crippen molar-refractivity contribution in [2.75, 3.05) is 44.7 Å². The SMILES string of the molecule is CNCC1CCN(C2CCN(c3ccccc3)CC2)CC1. The lowest BCUT2D eigenvalue weighted by Gasteiger charge is -2.42. The van der Waals surface area contributed by atoms with Crippen molar-refractivity contribution in [2.45, 2.75) is 31.7 Å². The van der Waals surface area contributed by atoms with Crippen molar-refractivity contribution in [1.82, 2.24) is 10.2 Å². The normalized spacial score (nSPS) is 22.6. The third kappa shape index (κ3) is 3.78. The molecule has 1 N–H and O–H groups in total. The maximum atomic E-state index is 3.33. The zero-order valence-corrected chi connectivity index (χ0v) is 13.3. The zero-order chi connectivity index (χ0) is 14.5. The van der Waals surface area contributed by atoms with Crippen LogP contribution < -0.4 is 10.2 Å². The summed E-state index contributed by atoms with van der Waals surface area (Å²) >= 11 is 0. The number of benzene rings is 1. The van der Waals surface area contributed by atoms with Crippen LogP contribution in [0.1, 0.15) is 25.7 Å². The predicted octanol–water partition coefficient (Wildman–Crippen LogP) is 2.59. The van der Waals surface area contributed by atoms with E-state index in [1.165, 1.54) is 64.1 Å². The van der Waals surface area contributed by atoms with Crippen molar-refractivity contribution in [3.63, 3.8) is 0 Å². The lowest BCUT2D eigenvalue weighted by Crippen LogP contribution is -2.48. The Morgan fingerprint density at radius 2 is 1.62 bits per heavy atom. The molecule has 3 nitrogen and oxygen atoms in total. The van der Waals surface area contributed by atoms with Gasteiger partial charge in [-0.15, -0.1) is 0 Å². The van der Waals surface area contributed by atoms with Crippen LogP contribution in [0.5, 0.6) is 0 Å². The molecule has 2 aliphatic rings. The van der Waals surface area contributed by atoms with Crippen LogP contribution >= 0.6 is 0 Å². The molecular weight excluding hydrogens is 258 g/mol. The Labute approximate surface area is 129 Å². The van der Waals surface area contributed by atoms with Crippen LogP contribution in [0.2, 0.25) is 0 Å². The first-order chi connectivity index (χ1) is 10.4. The molecule has 0 bridgehead atoms. The molecule has 2 heterocycles. The predicted molar refractivity (Wildman–Crippen MR) is 89.9 cm³/mol. The van der Waals surface area contributed by atoms with Gasteiger partial charge in [0.25, 0.3) is 0 Å². The van der Waals surface area contributed by atoms with Crippen LogP contribution in [0.25, 0.3) is 0 Å². The molecule has 21 heavy (non-hydrogen) atoms. The standard InChI is InChI=1S/C18H29N3/c1-19-15-16-7-11-20(12-8-16)18-9-13-21(14-10-18)17-5-3-2-4-6-17/h2-6,16,18-19H,7-15H2,1H3. The molecule has 1 aromatic carbocycles. The largest absolute Gasteiger partial charge is 0.371 e. The van der Waals surface area contributed by atoms with Crippen molar-refractivity contribution in [3.05, 3.63) is 30.3 Å². The van der Waals surface area contributed by atoms with Gasteiger partial charge in [0, 0.05) is 24.8 Å². The monoisotopic (exact) mass is 287 g/mol. The molecule has 0 unspecified atom stereocenters. The number of piperidine rings is 2. The maximum Gasteiger partial charge on any atom is 0.0366 e. The van der Waals surface area contributed by atoms with E-state index in [1.54, 1.807) is 0 Å². The quantitative estimate of drug-likeness (QED) is 0.918. The van der Waals surface area contributed by atoms with Crippen LogP contribution in [0.3, 0.4) is 0 Å². The van der Waals surface area contributed by atoms with E-state index in [2.05, 4.69) is 52.5 Å². The molecule has 2 saturated heterocycles. The number of anilines is 1. The summed E-state index contributed by atoms with van der Waals surface area (Å²) < 4.78 is 0. The Hall–Kier alpha value is -1.06. The van der Waals surface area contributed by atoms with E-state index in [0.717, 1.165) is 12.0 Å². The molecule has 0 aromatic heterocycles. The van der Waals surface area contributed by atoms with Crippen LogP contribution in [0.4, 0.5) is 5.69 Å².